The largest absolute Gasteiger partial charge is 0.351 e. The third kappa shape index (κ3) is 6.83. The molecule has 3 rings (SSSR count). The zero-order valence-corrected chi connectivity index (χ0v) is 19.5. The molecule has 3 aromatic carbocycles. The fraction of sp³-hybridized carbons (Fsp3) is 0.208. The van der Waals surface area contributed by atoms with Gasteiger partial charge in [0.05, 0.1) is 18.5 Å². The zero-order valence-electron chi connectivity index (χ0n) is 17.9. The summed E-state index contributed by atoms with van der Waals surface area (Å²) in [6.45, 7) is 2.62. The Bertz CT molecular complexity index is 1150. The molecule has 0 fully saturated rings. The Labute approximate surface area is 192 Å². The quantitative estimate of drug-likeness (QED) is 0.365. The number of anilines is 1. The van der Waals surface area contributed by atoms with Crippen molar-refractivity contribution in [3.8, 4) is 0 Å². The van der Waals surface area contributed by atoms with E-state index in [0.717, 1.165) is 16.9 Å². The Morgan fingerprint density at radius 1 is 0.969 bits per heavy atom. The lowest BCUT2D eigenvalue weighted by Gasteiger charge is -2.22. The number of hydrogen-bond donors (Lipinski definition) is 1. The minimum absolute atomic E-state index is 0.0703. The average Bonchev–Trinajstić information content (AvgIpc) is 2.77. The second-order valence-electron chi connectivity index (χ2n) is 7.36. The van der Waals surface area contributed by atoms with E-state index in [1.165, 1.54) is 22.0 Å². The molecule has 0 saturated heterocycles. The van der Waals surface area contributed by atoms with Gasteiger partial charge in [-0.25, -0.2) is 12.8 Å². The van der Waals surface area contributed by atoms with Crippen molar-refractivity contribution < 1.29 is 17.6 Å². The van der Waals surface area contributed by atoms with Crippen molar-refractivity contribution >= 4 is 33.4 Å². The average molecular weight is 473 g/mol. The van der Waals surface area contributed by atoms with E-state index in [2.05, 4.69) is 29.6 Å². The normalized spacial score (nSPS) is 11.2. The van der Waals surface area contributed by atoms with Gasteiger partial charge in [0, 0.05) is 22.8 Å². The maximum absolute atomic E-state index is 13.1. The van der Waals surface area contributed by atoms with Gasteiger partial charge in [-0.05, 0) is 61.0 Å². The van der Waals surface area contributed by atoms with E-state index in [0.29, 0.717) is 23.4 Å². The molecule has 8 heteroatoms. The number of carbonyl (C=O) groups excluding carboxylic acids is 1. The Kier molecular flexibility index (Phi) is 7.93. The van der Waals surface area contributed by atoms with E-state index < -0.39 is 10.0 Å². The third-order valence-corrected chi connectivity index (χ3v) is 6.89. The molecule has 1 amide bonds. The summed E-state index contributed by atoms with van der Waals surface area (Å²) in [7, 11) is -3.57. The van der Waals surface area contributed by atoms with Gasteiger partial charge in [0.1, 0.15) is 5.82 Å². The molecule has 0 aliphatic carbocycles. The number of benzene rings is 3. The van der Waals surface area contributed by atoms with Crippen LogP contribution in [0.15, 0.2) is 77.7 Å². The van der Waals surface area contributed by atoms with Crippen LogP contribution in [0.2, 0.25) is 0 Å². The molecule has 0 aromatic heterocycles. The van der Waals surface area contributed by atoms with E-state index in [9.17, 15) is 17.6 Å². The molecule has 0 saturated carbocycles. The van der Waals surface area contributed by atoms with Crippen LogP contribution in [0, 0.1) is 12.7 Å². The third-order valence-electron chi connectivity index (χ3n) is 4.73. The molecule has 0 spiro atoms. The van der Waals surface area contributed by atoms with Gasteiger partial charge in [-0.2, -0.15) is 0 Å². The molecule has 0 heterocycles. The van der Waals surface area contributed by atoms with Gasteiger partial charge in [-0.1, -0.05) is 29.8 Å². The summed E-state index contributed by atoms with van der Waals surface area (Å²) in [5.74, 6) is 0.143. The lowest BCUT2D eigenvalue weighted by molar-refractivity contribution is 0.0956. The highest BCUT2D eigenvalue weighted by Gasteiger charge is 2.18. The van der Waals surface area contributed by atoms with Gasteiger partial charge in [0.2, 0.25) is 10.0 Å². The maximum atomic E-state index is 13.1. The van der Waals surface area contributed by atoms with Crippen LogP contribution < -0.4 is 9.62 Å². The van der Waals surface area contributed by atoms with Crippen LogP contribution in [0.5, 0.6) is 0 Å². The highest BCUT2D eigenvalue weighted by atomic mass is 32.2. The molecule has 0 bridgehead atoms. The first-order chi connectivity index (χ1) is 15.2. The Morgan fingerprint density at radius 2 is 1.59 bits per heavy atom. The van der Waals surface area contributed by atoms with E-state index in [1.54, 1.807) is 48.2 Å². The summed E-state index contributed by atoms with van der Waals surface area (Å²) < 4.78 is 39.0. The predicted molar refractivity (Wildman–Crippen MR) is 128 cm³/mol. The number of aryl methyl sites for hydroxylation is 1. The molecule has 0 radical (unpaired) electrons. The Hall–Kier alpha value is -2.84. The lowest BCUT2D eigenvalue weighted by Crippen LogP contribution is -2.29. The Balaban J connectivity index is 1.59. The van der Waals surface area contributed by atoms with Crippen LogP contribution in [0.3, 0.4) is 0 Å². The number of rotatable bonds is 9. The maximum Gasteiger partial charge on any atom is 0.251 e. The molecular formula is C24H25FN2O3S2. The van der Waals surface area contributed by atoms with E-state index in [4.69, 9.17) is 0 Å². The highest BCUT2D eigenvalue weighted by molar-refractivity contribution is 7.99. The van der Waals surface area contributed by atoms with Crippen molar-refractivity contribution in [2.24, 2.45) is 0 Å². The van der Waals surface area contributed by atoms with Crippen LogP contribution in [0.25, 0.3) is 0 Å². The standard InChI is InChI=1S/C24H25FN2O3S2/c1-18-3-13-23(14-4-18)31-16-15-26-24(28)20-7-11-22(12-8-20)27(32(2,29)30)17-19-5-9-21(25)10-6-19/h3-14H,15-17H2,1-2H3,(H,26,28). The van der Waals surface area contributed by atoms with E-state index in [1.807, 2.05) is 6.92 Å². The number of halogens is 1. The summed E-state index contributed by atoms with van der Waals surface area (Å²) in [6.07, 6.45) is 1.11. The monoisotopic (exact) mass is 472 g/mol. The molecular weight excluding hydrogens is 447 g/mol. The number of hydrogen-bond acceptors (Lipinski definition) is 4. The van der Waals surface area contributed by atoms with Crippen molar-refractivity contribution in [1.29, 1.82) is 0 Å². The van der Waals surface area contributed by atoms with Crippen LogP contribution >= 0.6 is 11.8 Å². The summed E-state index contributed by atoms with van der Waals surface area (Å²) in [5, 5.41) is 2.88. The summed E-state index contributed by atoms with van der Waals surface area (Å²) in [5.41, 5.74) is 2.75. The molecule has 0 aliphatic heterocycles. The van der Waals surface area contributed by atoms with Crippen LogP contribution in [-0.2, 0) is 16.6 Å². The topological polar surface area (TPSA) is 66.5 Å². The smallest absolute Gasteiger partial charge is 0.251 e. The van der Waals surface area contributed by atoms with Crippen molar-refractivity contribution in [1.82, 2.24) is 5.32 Å². The van der Waals surface area contributed by atoms with Crippen molar-refractivity contribution in [3.05, 3.63) is 95.3 Å². The molecule has 0 unspecified atom stereocenters. The first-order valence-corrected chi connectivity index (χ1v) is 12.9. The minimum atomic E-state index is -3.57. The van der Waals surface area contributed by atoms with Crippen LogP contribution in [-0.4, -0.2) is 32.9 Å². The molecule has 3 aromatic rings. The van der Waals surface area contributed by atoms with Gasteiger partial charge < -0.3 is 5.32 Å². The lowest BCUT2D eigenvalue weighted by atomic mass is 10.1. The number of nitrogens with zero attached hydrogens (tertiary/aromatic N) is 1. The Morgan fingerprint density at radius 3 is 2.19 bits per heavy atom. The van der Waals surface area contributed by atoms with E-state index in [-0.39, 0.29) is 18.3 Å². The second kappa shape index (κ2) is 10.7. The van der Waals surface area contributed by atoms with Gasteiger partial charge in [-0.3, -0.25) is 9.10 Å². The number of thioether (sulfide) groups is 1. The molecule has 0 aliphatic rings. The summed E-state index contributed by atoms with van der Waals surface area (Å²) in [4.78, 5) is 13.6. The minimum Gasteiger partial charge on any atom is -0.351 e. The summed E-state index contributed by atoms with van der Waals surface area (Å²) in [6, 6.07) is 20.3. The second-order valence-corrected chi connectivity index (χ2v) is 10.4. The number of nitrogens with one attached hydrogen (secondary N) is 1. The first-order valence-electron chi connectivity index (χ1n) is 10.0. The SMILES string of the molecule is Cc1ccc(SCCNC(=O)c2ccc(N(Cc3ccc(F)cc3)S(C)(=O)=O)cc2)cc1. The zero-order chi connectivity index (χ0) is 23.1. The fourth-order valence-corrected chi connectivity index (χ4v) is 4.66. The van der Waals surface area contributed by atoms with Gasteiger partial charge in [-0.15, -0.1) is 11.8 Å². The predicted octanol–water partition coefficient (Wildman–Crippen LogP) is 4.62. The first kappa shape index (κ1) is 23.8. The van der Waals surface area contributed by atoms with Gasteiger partial charge >= 0.3 is 0 Å². The van der Waals surface area contributed by atoms with Gasteiger partial charge in [0.25, 0.3) is 5.91 Å². The van der Waals surface area contributed by atoms with E-state index >= 15 is 0 Å². The molecule has 0 atom stereocenters. The number of amides is 1. The van der Waals surface area contributed by atoms with Crippen LogP contribution in [0.1, 0.15) is 21.5 Å². The van der Waals surface area contributed by atoms with Gasteiger partial charge in [0.15, 0.2) is 0 Å². The molecule has 5 nitrogen and oxygen atoms in total. The number of sulfonamides is 1. The molecule has 168 valence electrons. The van der Waals surface area contributed by atoms with Crippen molar-refractivity contribution in [2.45, 2.75) is 18.4 Å². The summed E-state index contributed by atoms with van der Waals surface area (Å²) >= 11 is 1.67. The fourth-order valence-electron chi connectivity index (χ4n) is 3.00. The molecule has 1 N–H and O–H groups in total. The molecule has 32 heavy (non-hydrogen) atoms. The highest BCUT2D eigenvalue weighted by Crippen LogP contribution is 2.22. The van der Waals surface area contributed by atoms with Crippen molar-refractivity contribution in [3.63, 3.8) is 0 Å². The van der Waals surface area contributed by atoms with Crippen LogP contribution in [0.4, 0.5) is 10.1 Å². The number of carbonyl (C=O) groups is 1. The van der Waals surface area contributed by atoms with Crippen molar-refractivity contribution in [2.75, 3.05) is 22.9 Å².